The van der Waals surface area contributed by atoms with Crippen LogP contribution in [-0.4, -0.2) is 20.6 Å². The van der Waals surface area contributed by atoms with Crippen LogP contribution in [0.15, 0.2) is 94.6 Å². The highest BCUT2D eigenvalue weighted by molar-refractivity contribution is 9.10. The number of nitrogens with one attached hydrogen (secondary N) is 1. The van der Waals surface area contributed by atoms with Crippen molar-refractivity contribution in [2.24, 2.45) is 0 Å². The lowest BCUT2D eigenvalue weighted by Crippen LogP contribution is -2.25. The fourth-order valence-electron chi connectivity index (χ4n) is 2.88. The van der Waals surface area contributed by atoms with Crippen LogP contribution in [0.3, 0.4) is 0 Å². The average molecular weight is 521 g/mol. The number of carbonyl (C=O) groups excluding carboxylic acids is 1. The van der Waals surface area contributed by atoms with E-state index < -0.39 is 6.09 Å². The molecular formula is C26H25BrN4O3. The number of halogens is 1. The van der Waals surface area contributed by atoms with Gasteiger partial charge in [-0.15, -0.1) is 0 Å². The summed E-state index contributed by atoms with van der Waals surface area (Å²) in [6, 6.07) is 20.2. The van der Waals surface area contributed by atoms with Crippen LogP contribution in [0.25, 0.3) is 5.69 Å². The van der Waals surface area contributed by atoms with Gasteiger partial charge in [-0.1, -0.05) is 37.3 Å². The number of anilines is 1. The van der Waals surface area contributed by atoms with Gasteiger partial charge in [0.1, 0.15) is 12.3 Å². The number of aromatic nitrogens is 3. The van der Waals surface area contributed by atoms with Gasteiger partial charge in [0.25, 0.3) is 5.56 Å². The zero-order valence-electron chi connectivity index (χ0n) is 18.9. The van der Waals surface area contributed by atoms with Crippen molar-refractivity contribution in [2.45, 2.75) is 26.9 Å². The van der Waals surface area contributed by atoms with Crippen molar-refractivity contribution < 1.29 is 9.53 Å². The minimum atomic E-state index is -0.678. The smallest absolute Gasteiger partial charge is 0.412 e. The molecule has 4 aromatic rings. The molecule has 0 aliphatic carbocycles. The monoisotopic (exact) mass is 520 g/mol. The lowest BCUT2D eigenvalue weighted by atomic mass is 10.2. The molecule has 8 heteroatoms. The number of aryl methyl sites for hydroxylation is 2. The van der Waals surface area contributed by atoms with Crippen LogP contribution in [-0.2, 0) is 17.8 Å². The molecule has 1 N–H and O–H groups in total. The molecule has 0 bridgehead atoms. The molecule has 0 spiro atoms. The molecule has 0 saturated heterocycles. The number of pyridine rings is 3. The van der Waals surface area contributed by atoms with Crippen molar-refractivity contribution in [1.29, 1.82) is 0 Å². The summed E-state index contributed by atoms with van der Waals surface area (Å²) in [4.78, 5) is 32.9. The summed E-state index contributed by atoms with van der Waals surface area (Å²) >= 11 is 3.28. The van der Waals surface area contributed by atoms with Gasteiger partial charge in [-0.25, -0.2) is 4.79 Å². The summed E-state index contributed by atoms with van der Waals surface area (Å²) in [6.45, 7) is 4.11. The van der Waals surface area contributed by atoms with Crippen molar-refractivity contribution in [2.75, 3.05) is 5.32 Å². The number of hydrogen-bond acceptors (Lipinski definition) is 5. The van der Waals surface area contributed by atoms with Crippen molar-refractivity contribution in [1.82, 2.24) is 14.5 Å². The molecule has 0 fully saturated rings. The predicted molar refractivity (Wildman–Crippen MR) is 136 cm³/mol. The summed E-state index contributed by atoms with van der Waals surface area (Å²) in [5, 5.41) is 2.50. The molecule has 4 rings (SSSR count). The fourth-order valence-corrected chi connectivity index (χ4v) is 3.11. The first-order chi connectivity index (χ1) is 16.5. The van der Waals surface area contributed by atoms with E-state index in [0.717, 1.165) is 27.8 Å². The third-order valence-corrected chi connectivity index (χ3v) is 5.19. The number of rotatable bonds is 5. The van der Waals surface area contributed by atoms with E-state index in [-0.39, 0.29) is 17.9 Å². The Hall–Kier alpha value is -3.78. The van der Waals surface area contributed by atoms with Crippen molar-refractivity contribution in [3.8, 4) is 5.69 Å². The standard InChI is InChI=1S/C20H19N3O3.C6H6BrN/c1-2-16-10-11-17(13-21-16)23-12-6-9-18(19(23)24)22-20(25)26-14-15-7-4-3-5-8-15;1-5-2-3-6(7)4-8-5/h3-13H,2,14H2,1H3,(H,22,25);2-4H,1H3. The Balaban J connectivity index is 0.000000343. The first-order valence-electron chi connectivity index (χ1n) is 10.7. The van der Waals surface area contributed by atoms with Crippen LogP contribution in [0.4, 0.5) is 10.5 Å². The molecule has 1 aromatic carbocycles. The van der Waals surface area contributed by atoms with Gasteiger partial charge in [0.15, 0.2) is 0 Å². The third kappa shape index (κ3) is 7.38. The first-order valence-corrected chi connectivity index (χ1v) is 11.5. The maximum Gasteiger partial charge on any atom is 0.412 e. The second-order valence-electron chi connectivity index (χ2n) is 7.26. The van der Waals surface area contributed by atoms with Crippen molar-refractivity contribution >= 4 is 27.7 Å². The molecule has 0 aliphatic rings. The maximum atomic E-state index is 12.6. The number of amides is 1. The lowest BCUT2D eigenvalue weighted by molar-refractivity contribution is 0.155. The minimum Gasteiger partial charge on any atom is -0.444 e. The maximum absolute atomic E-state index is 12.6. The molecule has 0 radical (unpaired) electrons. The highest BCUT2D eigenvalue weighted by Gasteiger charge is 2.10. The largest absolute Gasteiger partial charge is 0.444 e. The average Bonchev–Trinajstić information content (AvgIpc) is 2.87. The van der Waals surface area contributed by atoms with Crippen LogP contribution in [0.2, 0.25) is 0 Å². The molecular weight excluding hydrogens is 496 g/mol. The fraction of sp³-hybridized carbons (Fsp3) is 0.154. The SMILES string of the molecule is CCc1ccc(-n2cccc(NC(=O)OCc3ccccc3)c2=O)cn1.Cc1ccc(Br)cn1. The summed E-state index contributed by atoms with van der Waals surface area (Å²) in [5.74, 6) is 0. The zero-order valence-corrected chi connectivity index (χ0v) is 20.5. The molecule has 0 unspecified atom stereocenters. The van der Waals surface area contributed by atoms with Crippen LogP contribution < -0.4 is 10.9 Å². The molecule has 0 saturated carbocycles. The molecule has 34 heavy (non-hydrogen) atoms. The van der Waals surface area contributed by atoms with E-state index in [1.165, 1.54) is 10.6 Å². The van der Waals surface area contributed by atoms with Crippen LogP contribution >= 0.6 is 15.9 Å². The van der Waals surface area contributed by atoms with Gasteiger partial charge in [-0.2, -0.15) is 0 Å². The second-order valence-corrected chi connectivity index (χ2v) is 8.18. The molecule has 0 aliphatic heterocycles. The topological polar surface area (TPSA) is 86.1 Å². The molecule has 7 nitrogen and oxygen atoms in total. The quantitative estimate of drug-likeness (QED) is 0.365. The van der Waals surface area contributed by atoms with Crippen LogP contribution in [0.1, 0.15) is 23.9 Å². The number of carbonyl (C=O) groups is 1. The van der Waals surface area contributed by atoms with E-state index in [9.17, 15) is 9.59 Å². The van der Waals surface area contributed by atoms with Gasteiger partial charge in [-0.3, -0.25) is 24.6 Å². The summed E-state index contributed by atoms with van der Waals surface area (Å²) < 4.78 is 7.61. The zero-order chi connectivity index (χ0) is 24.3. The van der Waals surface area contributed by atoms with Crippen molar-refractivity contribution in [3.05, 3.63) is 117 Å². The third-order valence-electron chi connectivity index (χ3n) is 4.72. The number of hydrogen-bond donors (Lipinski definition) is 1. The van der Waals surface area contributed by atoms with E-state index in [2.05, 4.69) is 31.2 Å². The highest BCUT2D eigenvalue weighted by Crippen LogP contribution is 2.09. The van der Waals surface area contributed by atoms with Gasteiger partial charge in [-0.05, 0) is 71.2 Å². The minimum absolute atomic E-state index is 0.135. The Labute approximate surface area is 206 Å². The molecule has 3 heterocycles. The molecule has 3 aromatic heterocycles. The molecule has 1 amide bonds. The number of ether oxygens (including phenoxy) is 1. The number of nitrogens with zero attached hydrogens (tertiary/aromatic N) is 3. The Morgan fingerprint density at radius 2 is 1.79 bits per heavy atom. The summed E-state index contributed by atoms with van der Waals surface area (Å²) in [5.41, 5.74) is 3.29. The Morgan fingerprint density at radius 3 is 2.41 bits per heavy atom. The van der Waals surface area contributed by atoms with Crippen molar-refractivity contribution in [3.63, 3.8) is 0 Å². The van der Waals surface area contributed by atoms with Crippen LogP contribution in [0, 0.1) is 6.92 Å². The van der Waals surface area contributed by atoms with E-state index in [0.29, 0.717) is 5.69 Å². The van der Waals surface area contributed by atoms with Gasteiger partial charge in [0, 0.05) is 28.3 Å². The number of benzene rings is 1. The summed E-state index contributed by atoms with van der Waals surface area (Å²) in [6.07, 6.45) is 5.20. The van der Waals surface area contributed by atoms with Gasteiger partial charge >= 0.3 is 6.09 Å². The van der Waals surface area contributed by atoms with E-state index in [1.807, 2.05) is 68.4 Å². The molecule has 174 valence electrons. The van der Waals surface area contributed by atoms with E-state index in [4.69, 9.17) is 4.74 Å². The van der Waals surface area contributed by atoms with Gasteiger partial charge < -0.3 is 4.74 Å². The summed E-state index contributed by atoms with van der Waals surface area (Å²) in [7, 11) is 0. The van der Waals surface area contributed by atoms with Crippen LogP contribution in [0.5, 0.6) is 0 Å². The van der Waals surface area contributed by atoms with Gasteiger partial charge in [0.05, 0.1) is 11.9 Å². The molecule has 0 atom stereocenters. The highest BCUT2D eigenvalue weighted by atomic mass is 79.9. The normalized spacial score (nSPS) is 10.1. The Bertz CT molecular complexity index is 1240. The Kier molecular flexibility index (Phi) is 9.11. The van der Waals surface area contributed by atoms with E-state index >= 15 is 0 Å². The predicted octanol–water partition coefficient (Wildman–Crippen LogP) is 5.70. The lowest BCUT2D eigenvalue weighted by Gasteiger charge is -2.10. The van der Waals surface area contributed by atoms with E-state index in [1.54, 1.807) is 24.7 Å². The first kappa shape index (κ1) is 24.9. The van der Waals surface area contributed by atoms with Gasteiger partial charge in [0.2, 0.25) is 0 Å². The Morgan fingerprint density at radius 1 is 1.00 bits per heavy atom. The second kappa shape index (κ2) is 12.5.